The van der Waals surface area contributed by atoms with Gasteiger partial charge in [-0.15, -0.1) is 0 Å². The highest BCUT2D eigenvalue weighted by Crippen LogP contribution is 2.37. The van der Waals surface area contributed by atoms with E-state index < -0.39 is 6.04 Å². The van der Waals surface area contributed by atoms with Crippen molar-refractivity contribution < 1.29 is 23.8 Å². The molecule has 35 heavy (non-hydrogen) atoms. The number of carbonyl (C=O) groups excluding carboxylic acids is 2. The van der Waals surface area contributed by atoms with Crippen LogP contribution in [0.5, 0.6) is 17.2 Å². The van der Waals surface area contributed by atoms with Gasteiger partial charge in [-0.25, -0.2) is 0 Å². The maximum atomic E-state index is 14.0. The van der Waals surface area contributed by atoms with Crippen LogP contribution in [0.2, 0.25) is 0 Å². The van der Waals surface area contributed by atoms with Crippen molar-refractivity contribution >= 4 is 11.8 Å². The number of amides is 2. The lowest BCUT2D eigenvalue weighted by molar-refractivity contribution is -0.160. The largest absolute Gasteiger partial charge is 0.497 e. The minimum atomic E-state index is -0.724. The molecule has 2 aromatic carbocycles. The minimum absolute atomic E-state index is 0.0244. The maximum absolute atomic E-state index is 14.0. The molecule has 2 aliphatic rings. The zero-order valence-corrected chi connectivity index (χ0v) is 21.0. The lowest BCUT2D eigenvalue weighted by Crippen LogP contribution is -2.58. The molecule has 4 rings (SSSR count). The van der Waals surface area contributed by atoms with E-state index in [0.29, 0.717) is 24.7 Å². The first-order valence-electron chi connectivity index (χ1n) is 12.6. The zero-order chi connectivity index (χ0) is 24.8. The van der Waals surface area contributed by atoms with E-state index in [1.165, 1.54) is 6.42 Å². The lowest BCUT2D eigenvalue weighted by atomic mass is 9.91. The van der Waals surface area contributed by atoms with E-state index in [2.05, 4.69) is 0 Å². The van der Waals surface area contributed by atoms with Gasteiger partial charge in [0, 0.05) is 12.6 Å². The number of methoxy groups -OCH3 is 2. The normalized spacial score (nSPS) is 19.1. The molecule has 2 aromatic rings. The number of carbonyl (C=O) groups is 2. The minimum Gasteiger partial charge on any atom is -0.497 e. The van der Waals surface area contributed by atoms with Crippen molar-refractivity contribution in [2.45, 2.75) is 64.1 Å². The van der Waals surface area contributed by atoms with Gasteiger partial charge in [0.2, 0.25) is 5.91 Å². The molecule has 0 radical (unpaired) electrons. The highest BCUT2D eigenvalue weighted by Gasteiger charge is 2.43. The summed E-state index contributed by atoms with van der Waals surface area (Å²) >= 11 is 0. The van der Waals surface area contributed by atoms with Crippen LogP contribution in [0.3, 0.4) is 0 Å². The second-order valence-corrected chi connectivity index (χ2v) is 9.29. The molecule has 1 heterocycles. The average molecular weight is 481 g/mol. The summed E-state index contributed by atoms with van der Waals surface area (Å²) in [5.41, 5.74) is 1.64. The molecular formula is C28H36N2O5. The molecule has 0 spiro atoms. The Labute approximate surface area is 207 Å². The third-order valence-corrected chi connectivity index (χ3v) is 6.92. The van der Waals surface area contributed by atoms with Crippen molar-refractivity contribution in [3.05, 3.63) is 53.6 Å². The molecule has 1 aliphatic heterocycles. The summed E-state index contributed by atoms with van der Waals surface area (Å²) in [6, 6.07) is 12.6. The molecule has 0 aromatic heterocycles. The SMILES string of the molecule is CCCOc1ccc([C@H]2C(=O)N(C3CCCCC3)CC(=O)N2Cc2cccc(OC)c2)cc1OC. The molecule has 2 amide bonds. The summed E-state index contributed by atoms with van der Waals surface area (Å²) in [7, 11) is 3.21. The number of benzene rings is 2. The second kappa shape index (κ2) is 11.5. The Balaban J connectivity index is 1.70. The third-order valence-electron chi connectivity index (χ3n) is 6.92. The van der Waals surface area contributed by atoms with Crippen molar-refractivity contribution in [1.29, 1.82) is 0 Å². The zero-order valence-electron chi connectivity index (χ0n) is 21.0. The van der Waals surface area contributed by atoms with Crippen LogP contribution in [0, 0.1) is 0 Å². The summed E-state index contributed by atoms with van der Waals surface area (Å²) in [5.74, 6) is 1.85. The van der Waals surface area contributed by atoms with Gasteiger partial charge in [-0.1, -0.05) is 44.4 Å². The first kappa shape index (κ1) is 24.9. The van der Waals surface area contributed by atoms with Crippen LogP contribution >= 0.6 is 0 Å². The molecule has 0 unspecified atom stereocenters. The van der Waals surface area contributed by atoms with E-state index in [1.807, 2.05) is 54.3 Å². The monoisotopic (exact) mass is 480 g/mol. The fourth-order valence-corrected chi connectivity index (χ4v) is 5.11. The van der Waals surface area contributed by atoms with Crippen molar-refractivity contribution in [3.8, 4) is 17.2 Å². The molecule has 1 saturated heterocycles. The number of hydrogen-bond donors (Lipinski definition) is 0. The molecule has 1 aliphatic carbocycles. The molecule has 188 valence electrons. The highest BCUT2D eigenvalue weighted by atomic mass is 16.5. The van der Waals surface area contributed by atoms with Gasteiger partial charge in [-0.05, 0) is 54.7 Å². The lowest BCUT2D eigenvalue weighted by Gasteiger charge is -2.44. The maximum Gasteiger partial charge on any atom is 0.250 e. The number of ether oxygens (including phenoxy) is 3. The molecule has 2 fully saturated rings. The molecule has 7 nitrogen and oxygen atoms in total. The van der Waals surface area contributed by atoms with Gasteiger partial charge >= 0.3 is 0 Å². The molecule has 0 bridgehead atoms. The molecule has 1 saturated carbocycles. The van der Waals surface area contributed by atoms with E-state index >= 15 is 0 Å². The number of nitrogens with zero attached hydrogens (tertiary/aromatic N) is 2. The first-order valence-corrected chi connectivity index (χ1v) is 12.6. The predicted molar refractivity (Wildman–Crippen MR) is 134 cm³/mol. The van der Waals surface area contributed by atoms with Gasteiger partial charge in [0.15, 0.2) is 11.5 Å². The predicted octanol–water partition coefficient (Wildman–Crippen LogP) is 4.74. The summed E-state index contributed by atoms with van der Waals surface area (Å²) < 4.78 is 16.8. The van der Waals surface area contributed by atoms with E-state index in [9.17, 15) is 9.59 Å². The summed E-state index contributed by atoms with van der Waals surface area (Å²) in [6.45, 7) is 3.07. The van der Waals surface area contributed by atoms with Crippen molar-refractivity contribution in [3.63, 3.8) is 0 Å². The van der Waals surface area contributed by atoms with Crippen LogP contribution in [-0.4, -0.2) is 55.0 Å². The topological polar surface area (TPSA) is 68.3 Å². The fourth-order valence-electron chi connectivity index (χ4n) is 5.11. The van der Waals surface area contributed by atoms with Crippen LogP contribution in [0.1, 0.15) is 62.6 Å². The Hall–Kier alpha value is -3.22. The Kier molecular flexibility index (Phi) is 8.16. The van der Waals surface area contributed by atoms with Crippen LogP contribution in [-0.2, 0) is 16.1 Å². The van der Waals surface area contributed by atoms with E-state index in [1.54, 1.807) is 19.1 Å². The van der Waals surface area contributed by atoms with Gasteiger partial charge in [-0.3, -0.25) is 9.59 Å². The standard InChI is InChI=1S/C28H36N2O5/c1-4-15-35-24-14-13-21(17-25(24)34-3)27-28(32)29(22-10-6-5-7-11-22)19-26(31)30(27)18-20-9-8-12-23(16-20)33-2/h8-9,12-14,16-17,22,27H,4-7,10-11,15,18-19H2,1-3H3/t27-/m0/s1. The quantitative estimate of drug-likeness (QED) is 0.519. The van der Waals surface area contributed by atoms with Gasteiger partial charge in [0.25, 0.3) is 5.91 Å². The third kappa shape index (κ3) is 5.55. The van der Waals surface area contributed by atoms with Crippen LogP contribution < -0.4 is 14.2 Å². The molecule has 0 N–H and O–H groups in total. The van der Waals surface area contributed by atoms with Crippen molar-refractivity contribution in [1.82, 2.24) is 9.80 Å². The summed E-state index contributed by atoms with van der Waals surface area (Å²) in [6.07, 6.45) is 6.17. The Morgan fingerprint density at radius 3 is 2.46 bits per heavy atom. The Morgan fingerprint density at radius 2 is 1.74 bits per heavy atom. The summed E-state index contributed by atoms with van der Waals surface area (Å²) in [5, 5.41) is 0. The van der Waals surface area contributed by atoms with E-state index in [4.69, 9.17) is 14.2 Å². The second-order valence-electron chi connectivity index (χ2n) is 9.29. The number of rotatable bonds is 9. The van der Waals surface area contributed by atoms with E-state index in [0.717, 1.165) is 49.0 Å². The smallest absolute Gasteiger partial charge is 0.250 e. The van der Waals surface area contributed by atoms with Crippen LogP contribution in [0.15, 0.2) is 42.5 Å². The number of hydrogen-bond acceptors (Lipinski definition) is 5. The molecule has 1 atom stereocenters. The van der Waals surface area contributed by atoms with Crippen molar-refractivity contribution in [2.75, 3.05) is 27.4 Å². The fraction of sp³-hybridized carbons (Fsp3) is 0.500. The average Bonchev–Trinajstić information content (AvgIpc) is 2.90. The molecular weight excluding hydrogens is 444 g/mol. The van der Waals surface area contributed by atoms with E-state index in [-0.39, 0.29) is 24.4 Å². The van der Waals surface area contributed by atoms with Gasteiger partial charge < -0.3 is 24.0 Å². The highest BCUT2D eigenvalue weighted by molar-refractivity contribution is 5.96. The van der Waals surface area contributed by atoms with Crippen LogP contribution in [0.25, 0.3) is 0 Å². The van der Waals surface area contributed by atoms with Gasteiger partial charge in [0.1, 0.15) is 18.3 Å². The van der Waals surface area contributed by atoms with Crippen molar-refractivity contribution in [2.24, 2.45) is 0 Å². The van der Waals surface area contributed by atoms with Gasteiger partial charge in [-0.2, -0.15) is 0 Å². The van der Waals surface area contributed by atoms with Gasteiger partial charge in [0.05, 0.1) is 20.8 Å². The Bertz CT molecular complexity index is 1030. The molecule has 7 heteroatoms. The number of piperazine rings is 1. The first-order chi connectivity index (χ1) is 17.0. The summed E-state index contributed by atoms with van der Waals surface area (Å²) in [4.78, 5) is 31.0. The van der Waals surface area contributed by atoms with Crippen LogP contribution in [0.4, 0.5) is 0 Å². The Morgan fingerprint density at radius 1 is 0.943 bits per heavy atom.